The Morgan fingerprint density at radius 3 is 2.65 bits per heavy atom. The molecule has 0 bridgehead atoms. The van der Waals surface area contributed by atoms with Gasteiger partial charge in [-0.15, -0.1) is 0 Å². The Balaban J connectivity index is 1.74. The van der Waals surface area contributed by atoms with Gasteiger partial charge in [-0.05, 0) is 5.56 Å². The van der Waals surface area contributed by atoms with E-state index in [1.54, 1.807) is 6.20 Å². The number of hydrogen-bond donors (Lipinski definition) is 6. The normalized spacial score (nSPS) is 13.5. The highest BCUT2D eigenvalue weighted by molar-refractivity contribution is 5.89. The van der Waals surface area contributed by atoms with Gasteiger partial charge in [-0.25, -0.2) is 10.6 Å². The molecule has 0 fully saturated rings. The molecule has 2 rings (SSSR count). The molecule has 1 aliphatic rings. The van der Waals surface area contributed by atoms with Gasteiger partial charge in [0.15, 0.2) is 0 Å². The molecule has 10 nitrogen and oxygen atoms in total. The molecule has 3 amide bonds. The first kappa shape index (κ1) is 19.1. The van der Waals surface area contributed by atoms with E-state index in [1.165, 1.54) is 0 Å². The van der Waals surface area contributed by atoms with Gasteiger partial charge in [0.2, 0.25) is 5.91 Å². The Morgan fingerprint density at radius 1 is 1.23 bits per heavy atom. The maximum Gasteiger partial charge on any atom is 0.407 e. The van der Waals surface area contributed by atoms with Gasteiger partial charge >= 0.3 is 6.09 Å². The third-order valence-corrected chi connectivity index (χ3v) is 3.52. The Kier molecular flexibility index (Phi) is 7.25. The van der Waals surface area contributed by atoms with E-state index < -0.39 is 23.9 Å². The van der Waals surface area contributed by atoms with Crippen molar-refractivity contribution in [3.8, 4) is 0 Å². The van der Waals surface area contributed by atoms with Crippen molar-refractivity contribution in [1.29, 1.82) is 0 Å². The first-order valence-electron chi connectivity index (χ1n) is 7.99. The van der Waals surface area contributed by atoms with Crippen molar-refractivity contribution < 1.29 is 19.1 Å². The summed E-state index contributed by atoms with van der Waals surface area (Å²) in [6.07, 6.45) is 1.22. The van der Waals surface area contributed by atoms with Gasteiger partial charge in [0, 0.05) is 18.3 Å². The second-order valence-electron chi connectivity index (χ2n) is 5.48. The van der Waals surface area contributed by atoms with E-state index in [2.05, 4.69) is 21.3 Å². The molecule has 140 valence electrons. The van der Waals surface area contributed by atoms with Crippen LogP contribution < -0.4 is 32.5 Å². The van der Waals surface area contributed by atoms with E-state index in [4.69, 9.17) is 10.6 Å². The maximum absolute atomic E-state index is 12.0. The molecule has 1 aliphatic heterocycles. The molecule has 0 aliphatic carbocycles. The van der Waals surface area contributed by atoms with Gasteiger partial charge in [0.1, 0.15) is 19.2 Å². The summed E-state index contributed by atoms with van der Waals surface area (Å²) in [6.45, 7) is 0.321. The van der Waals surface area contributed by atoms with Crippen LogP contribution in [0.2, 0.25) is 0 Å². The Labute approximate surface area is 150 Å². The SMILES string of the molecule is NNC(=O)[C@H](CC1=CNCN1)NC(=O)CNC(=O)OCc1ccccc1. The summed E-state index contributed by atoms with van der Waals surface area (Å²) in [4.78, 5) is 35.4. The molecular formula is C16H22N6O4. The molecule has 1 atom stereocenters. The summed E-state index contributed by atoms with van der Waals surface area (Å²) in [5, 5.41) is 10.8. The number of benzene rings is 1. The molecule has 26 heavy (non-hydrogen) atoms. The smallest absolute Gasteiger partial charge is 0.407 e. The summed E-state index contributed by atoms with van der Waals surface area (Å²) in [5.74, 6) is 4.06. The van der Waals surface area contributed by atoms with Gasteiger partial charge in [-0.2, -0.15) is 0 Å². The second kappa shape index (κ2) is 9.89. The lowest BCUT2D eigenvalue weighted by atomic mass is 10.1. The zero-order chi connectivity index (χ0) is 18.8. The molecule has 0 saturated heterocycles. The van der Waals surface area contributed by atoms with Crippen LogP contribution in [-0.2, 0) is 20.9 Å². The van der Waals surface area contributed by atoms with Crippen molar-refractivity contribution in [1.82, 2.24) is 26.7 Å². The van der Waals surface area contributed by atoms with Gasteiger partial charge in [-0.3, -0.25) is 15.0 Å². The quantitative estimate of drug-likeness (QED) is 0.193. The van der Waals surface area contributed by atoms with E-state index in [9.17, 15) is 14.4 Å². The Morgan fingerprint density at radius 2 is 2.00 bits per heavy atom. The largest absolute Gasteiger partial charge is 0.445 e. The molecule has 0 saturated carbocycles. The van der Waals surface area contributed by atoms with Gasteiger partial charge in [0.25, 0.3) is 5.91 Å². The first-order chi connectivity index (χ1) is 12.6. The molecule has 7 N–H and O–H groups in total. The fraction of sp³-hybridized carbons (Fsp3) is 0.312. The average Bonchev–Trinajstić information content (AvgIpc) is 3.17. The molecule has 0 unspecified atom stereocenters. The van der Waals surface area contributed by atoms with Crippen LogP contribution in [0.25, 0.3) is 0 Å². The lowest BCUT2D eigenvalue weighted by molar-refractivity contribution is -0.128. The lowest BCUT2D eigenvalue weighted by Gasteiger charge is -2.17. The second-order valence-corrected chi connectivity index (χ2v) is 5.48. The van der Waals surface area contributed by atoms with Gasteiger partial charge in [0.05, 0.1) is 6.67 Å². The van der Waals surface area contributed by atoms with Crippen LogP contribution >= 0.6 is 0 Å². The third-order valence-electron chi connectivity index (χ3n) is 3.52. The van der Waals surface area contributed by atoms with Crippen LogP contribution in [0.3, 0.4) is 0 Å². The lowest BCUT2D eigenvalue weighted by Crippen LogP contribution is -2.51. The van der Waals surface area contributed by atoms with Crippen LogP contribution in [0, 0.1) is 0 Å². The van der Waals surface area contributed by atoms with Crippen LogP contribution in [0.4, 0.5) is 4.79 Å². The average molecular weight is 362 g/mol. The molecule has 0 aromatic heterocycles. The van der Waals surface area contributed by atoms with E-state index >= 15 is 0 Å². The van der Waals surface area contributed by atoms with Crippen molar-refractivity contribution in [2.24, 2.45) is 5.84 Å². The Hall–Kier alpha value is -3.27. The zero-order valence-corrected chi connectivity index (χ0v) is 14.1. The number of hydrazine groups is 1. The van der Waals surface area contributed by atoms with E-state index in [0.717, 1.165) is 11.3 Å². The van der Waals surface area contributed by atoms with E-state index in [1.807, 2.05) is 35.8 Å². The minimum absolute atomic E-state index is 0.0965. The number of rotatable bonds is 8. The highest BCUT2D eigenvalue weighted by atomic mass is 16.5. The standard InChI is InChI=1S/C16H22N6O4/c17-22-15(24)13(6-12-7-18-10-20-12)21-14(23)8-19-16(25)26-9-11-4-2-1-3-5-11/h1-5,7,13,18,20H,6,8-10,17H2,(H,19,25)(H,21,23)(H,22,24)/t13-/m0/s1. The van der Waals surface area contributed by atoms with Crippen LogP contribution in [0.1, 0.15) is 12.0 Å². The minimum Gasteiger partial charge on any atom is -0.445 e. The van der Waals surface area contributed by atoms with Gasteiger partial charge < -0.3 is 26.0 Å². The van der Waals surface area contributed by atoms with E-state index in [0.29, 0.717) is 6.67 Å². The summed E-state index contributed by atoms with van der Waals surface area (Å²) in [6, 6.07) is 8.28. The van der Waals surface area contributed by atoms with E-state index in [-0.39, 0.29) is 19.6 Å². The number of nitrogens with two attached hydrogens (primary N) is 1. The summed E-state index contributed by atoms with van der Waals surface area (Å²) >= 11 is 0. The van der Waals surface area contributed by atoms with Gasteiger partial charge in [-0.1, -0.05) is 30.3 Å². The minimum atomic E-state index is -0.867. The number of ether oxygens (including phenoxy) is 1. The molecule has 0 radical (unpaired) electrons. The molecule has 1 heterocycles. The fourth-order valence-electron chi connectivity index (χ4n) is 2.22. The Bertz CT molecular complexity index is 664. The number of carbonyl (C=O) groups excluding carboxylic acids is 3. The molecule has 0 spiro atoms. The predicted octanol–water partition coefficient (Wildman–Crippen LogP) is -1.23. The van der Waals surface area contributed by atoms with Crippen LogP contribution in [0.15, 0.2) is 42.2 Å². The first-order valence-corrected chi connectivity index (χ1v) is 7.99. The fourth-order valence-corrected chi connectivity index (χ4v) is 2.22. The number of hydrogen-bond acceptors (Lipinski definition) is 7. The number of nitrogens with one attached hydrogen (secondary N) is 5. The highest BCUT2D eigenvalue weighted by Gasteiger charge is 2.22. The van der Waals surface area contributed by atoms with Crippen molar-refractivity contribution in [3.05, 3.63) is 47.8 Å². The summed E-state index contributed by atoms with van der Waals surface area (Å²) in [7, 11) is 0. The highest BCUT2D eigenvalue weighted by Crippen LogP contribution is 2.04. The zero-order valence-electron chi connectivity index (χ0n) is 14.1. The van der Waals surface area contributed by atoms with Crippen molar-refractivity contribution in [2.75, 3.05) is 13.2 Å². The maximum atomic E-state index is 12.0. The topological polar surface area (TPSA) is 147 Å². The predicted molar refractivity (Wildman–Crippen MR) is 92.7 cm³/mol. The van der Waals surface area contributed by atoms with Crippen LogP contribution in [-0.4, -0.2) is 37.2 Å². The number of carbonyl (C=O) groups is 3. The molecular weight excluding hydrogens is 340 g/mol. The number of amides is 3. The summed E-state index contributed by atoms with van der Waals surface area (Å²) in [5.41, 5.74) is 3.60. The molecule has 10 heteroatoms. The third kappa shape index (κ3) is 6.32. The number of alkyl carbamates (subject to hydrolysis) is 1. The van der Waals surface area contributed by atoms with Crippen molar-refractivity contribution >= 4 is 17.9 Å². The molecule has 1 aromatic carbocycles. The van der Waals surface area contributed by atoms with Crippen molar-refractivity contribution in [2.45, 2.75) is 19.1 Å². The summed E-state index contributed by atoms with van der Waals surface area (Å²) < 4.78 is 5.00. The molecule has 1 aromatic rings. The van der Waals surface area contributed by atoms with Crippen molar-refractivity contribution in [3.63, 3.8) is 0 Å². The monoisotopic (exact) mass is 362 g/mol. The van der Waals surface area contributed by atoms with Crippen LogP contribution in [0.5, 0.6) is 0 Å².